The molecule has 2 aromatic rings. The van der Waals surface area contributed by atoms with Crippen LogP contribution in [0, 0.1) is 13.8 Å². The number of alkyl halides is 3. The molecule has 2 rings (SSSR count). The van der Waals surface area contributed by atoms with Crippen molar-refractivity contribution < 1.29 is 18.0 Å². The highest BCUT2D eigenvalue weighted by atomic mass is 32.2. The van der Waals surface area contributed by atoms with E-state index in [2.05, 4.69) is 4.98 Å². The van der Waals surface area contributed by atoms with Crippen LogP contribution in [-0.4, -0.2) is 23.6 Å². The third kappa shape index (κ3) is 4.99. The largest absolute Gasteiger partial charge is 0.405 e. The summed E-state index contributed by atoms with van der Waals surface area (Å²) >= 11 is 1.26. The van der Waals surface area contributed by atoms with E-state index in [0.717, 1.165) is 16.0 Å². The maximum absolute atomic E-state index is 12.2. The molecular formula is C16H15F3N2OS. The minimum atomic E-state index is -4.45. The third-order valence-corrected chi connectivity index (χ3v) is 4.20. The molecule has 0 radical (unpaired) electrons. The Balaban J connectivity index is 2.22. The highest BCUT2D eigenvalue weighted by Gasteiger charge is 2.28. The number of pyridine rings is 1. The van der Waals surface area contributed by atoms with Crippen molar-refractivity contribution in [2.45, 2.75) is 29.9 Å². The molecule has 0 fully saturated rings. The van der Waals surface area contributed by atoms with Crippen LogP contribution in [0.3, 0.4) is 0 Å². The van der Waals surface area contributed by atoms with E-state index in [0.29, 0.717) is 5.03 Å². The number of rotatable bonds is 4. The van der Waals surface area contributed by atoms with Crippen molar-refractivity contribution in [1.82, 2.24) is 10.3 Å². The zero-order chi connectivity index (χ0) is 17.0. The van der Waals surface area contributed by atoms with Crippen molar-refractivity contribution in [3.05, 3.63) is 53.2 Å². The lowest BCUT2D eigenvalue weighted by molar-refractivity contribution is -0.123. The molecule has 0 aliphatic heterocycles. The summed E-state index contributed by atoms with van der Waals surface area (Å²) in [6, 6.07) is 8.82. The zero-order valence-corrected chi connectivity index (χ0v) is 13.4. The van der Waals surface area contributed by atoms with Gasteiger partial charge in [-0.05, 0) is 37.6 Å². The molecule has 3 nitrogen and oxygen atoms in total. The fraction of sp³-hybridized carbons (Fsp3) is 0.250. The second-order valence-electron chi connectivity index (χ2n) is 5.02. The molecule has 0 aliphatic rings. The summed E-state index contributed by atoms with van der Waals surface area (Å²) in [6.07, 6.45) is -2.94. The van der Waals surface area contributed by atoms with Gasteiger partial charge in [0.1, 0.15) is 11.6 Å². The molecule has 1 N–H and O–H groups in total. The molecule has 122 valence electrons. The number of nitrogens with zero attached hydrogens (tertiary/aromatic N) is 1. The van der Waals surface area contributed by atoms with Gasteiger partial charge in [0.2, 0.25) is 0 Å². The van der Waals surface area contributed by atoms with Gasteiger partial charge < -0.3 is 5.32 Å². The fourth-order valence-electron chi connectivity index (χ4n) is 1.94. The third-order valence-electron chi connectivity index (χ3n) is 3.00. The predicted octanol–water partition coefficient (Wildman–Crippen LogP) is 4.14. The van der Waals surface area contributed by atoms with Crippen LogP contribution in [0.2, 0.25) is 0 Å². The Labute approximate surface area is 136 Å². The molecule has 0 spiro atoms. The standard InChI is InChI=1S/C16H15F3N2OS/c1-10-5-6-13(11(2)8-10)23-15-12(4-3-7-20-15)14(22)21-9-16(17,18)19/h3-8H,9H2,1-2H3,(H,21,22). The second-order valence-corrected chi connectivity index (χ2v) is 6.06. The van der Waals surface area contributed by atoms with Gasteiger partial charge in [-0.1, -0.05) is 29.5 Å². The Morgan fingerprint density at radius 1 is 1.26 bits per heavy atom. The number of aromatic nitrogens is 1. The second kappa shape index (κ2) is 7.04. The van der Waals surface area contributed by atoms with Gasteiger partial charge in [-0.25, -0.2) is 4.98 Å². The molecule has 7 heteroatoms. The van der Waals surface area contributed by atoms with Gasteiger partial charge in [0.15, 0.2) is 0 Å². The number of carbonyl (C=O) groups is 1. The van der Waals surface area contributed by atoms with Crippen LogP contribution in [0.25, 0.3) is 0 Å². The number of benzene rings is 1. The van der Waals surface area contributed by atoms with E-state index in [9.17, 15) is 18.0 Å². The molecule has 0 aliphatic carbocycles. The Hall–Kier alpha value is -2.02. The van der Waals surface area contributed by atoms with Gasteiger partial charge >= 0.3 is 6.18 Å². The smallest absolute Gasteiger partial charge is 0.343 e. The summed E-state index contributed by atoms with van der Waals surface area (Å²) in [4.78, 5) is 17.0. The average Bonchev–Trinajstić information content (AvgIpc) is 2.47. The molecule has 0 bridgehead atoms. The van der Waals surface area contributed by atoms with Crippen LogP contribution in [0.5, 0.6) is 0 Å². The summed E-state index contributed by atoms with van der Waals surface area (Å²) in [5, 5.41) is 2.25. The lowest BCUT2D eigenvalue weighted by Gasteiger charge is -2.11. The fourth-order valence-corrected chi connectivity index (χ4v) is 2.89. The molecule has 0 saturated carbocycles. The minimum Gasteiger partial charge on any atom is -0.343 e. The van der Waals surface area contributed by atoms with Gasteiger partial charge in [0, 0.05) is 11.1 Å². The van der Waals surface area contributed by atoms with Gasteiger partial charge in [0.05, 0.1) is 5.56 Å². The lowest BCUT2D eigenvalue weighted by Crippen LogP contribution is -2.34. The number of amides is 1. The number of hydrogen-bond donors (Lipinski definition) is 1. The van der Waals surface area contributed by atoms with E-state index in [-0.39, 0.29) is 5.56 Å². The van der Waals surface area contributed by atoms with Gasteiger partial charge in [-0.3, -0.25) is 4.79 Å². The predicted molar refractivity (Wildman–Crippen MR) is 82.7 cm³/mol. The van der Waals surface area contributed by atoms with E-state index in [1.54, 1.807) is 0 Å². The maximum Gasteiger partial charge on any atom is 0.405 e. The van der Waals surface area contributed by atoms with E-state index in [4.69, 9.17) is 0 Å². The van der Waals surface area contributed by atoms with Crippen LogP contribution in [0.4, 0.5) is 13.2 Å². The van der Waals surface area contributed by atoms with Gasteiger partial charge in [-0.2, -0.15) is 13.2 Å². The summed E-state index contributed by atoms with van der Waals surface area (Å²) in [5.74, 6) is -0.789. The van der Waals surface area contributed by atoms with Gasteiger partial charge in [0.25, 0.3) is 5.91 Å². The number of halogens is 3. The molecule has 0 atom stereocenters. The number of carbonyl (C=O) groups excluding carboxylic acids is 1. The normalized spacial score (nSPS) is 11.3. The van der Waals surface area contributed by atoms with Crippen molar-refractivity contribution in [2.24, 2.45) is 0 Å². The monoisotopic (exact) mass is 340 g/mol. The number of hydrogen-bond acceptors (Lipinski definition) is 3. The molecule has 1 heterocycles. The topological polar surface area (TPSA) is 42.0 Å². The van der Waals surface area contributed by atoms with Crippen LogP contribution >= 0.6 is 11.8 Å². The Bertz CT molecular complexity index is 717. The molecular weight excluding hydrogens is 325 g/mol. The molecule has 0 unspecified atom stereocenters. The SMILES string of the molecule is Cc1ccc(Sc2ncccc2C(=O)NCC(F)(F)F)c(C)c1. The zero-order valence-electron chi connectivity index (χ0n) is 12.6. The Morgan fingerprint density at radius 3 is 2.65 bits per heavy atom. The number of aryl methyl sites for hydroxylation is 2. The van der Waals surface area contributed by atoms with Crippen LogP contribution in [0.1, 0.15) is 21.5 Å². The molecule has 1 aromatic carbocycles. The highest BCUT2D eigenvalue weighted by Crippen LogP contribution is 2.31. The first-order valence-electron chi connectivity index (χ1n) is 6.81. The summed E-state index contributed by atoms with van der Waals surface area (Å²) in [7, 11) is 0. The van der Waals surface area contributed by atoms with E-state index < -0.39 is 18.6 Å². The lowest BCUT2D eigenvalue weighted by atomic mass is 10.2. The molecule has 1 amide bonds. The first-order chi connectivity index (χ1) is 10.8. The molecule has 0 saturated heterocycles. The summed E-state index contributed by atoms with van der Waals surface area (Å²) in [6.45, 7) is 2.54. The Kier molecular flexibility index (Phi) is 5.30. The average molecular weight is 340 g/mol. The van der Waals surface area contributed by atoms with Crippen LogP contribution in [-0.2, 0) is 0 Å². The highest BCUT2D eigenvalue weighted by molar-refractivity contribution is 7.99. The van der Waals surface area contributed by atoms with E-state index in [1.165, 1.54) is 30.1 Å². The van der Waals surface area contributed by atoms with Crippen molar-refractivity contribution in [3.8, 4) is 0 Å². The van der Waals surface area contributed by atoms with Crippen LogP contribution < -0.4 is 5.32 Å². The van der Waals surface area contributed by atoms with E-state index in [1.807, 2.05) is 37.4 Å². The maximum atomic E-state index is 12.2. The minimum absolute atomic E-state index is 0.127. The molecule has 1 aromatic heterocycles. The number of nitrogens with one attached hydrogen (secondary N) is 1. The van der Waals surface area contributed by atoms with Gasteiger partial charge in [-0.15, -0.1) is 0 Å². The summed E-state index contributed by atoms with van der Waals surface area (Å²) < 4.78 is 36.7. The van der Waals surface area contributed by atoms with Crippen molar-refractivity contribution in [1.29, 1.82) is 0 Å². The summed E-state index contributed by atoms with van der Waals surface area (Å²) in [5.41, 5.74) is 2.25. The Morgan fingerprint density at radius 2 is 2.00 bits per heavy atom. The van der Waals surface area contributed by atoms with Crippen LogP contribution in [0.15, 0.2) is 46.5 Å². The first kappa shape index (κ1) is 17.3. The molecule has 23 heavy (non-hydrogen) atoms. The van der Waals surface area contributed by atoms with Crippen molar-refractivity contribution in [3.63, 3.8) is 0 Å². The van der Waals surface area contributed by atoms with E-state index >= 15 is 0 Å². The van der Waals surface area contributed by atoms with Crippen molar-refractivity contribution >= 4 is 17.7 Å². The quantitative estimate of drug-likeness (QED) is 0.909. The first-order valence-corrected chi connectivity index (χ1v) is 7.63. The van der Waals surface area contributed by atoms with Crippen molar-refractivity contribution in [2.75, 3.05) is 6.54 Å².